The summed E-state index contributed by atoms with van der Waals surface area (Å²) in [6, 6.07) is 22.8. The van der Waals surface area contributed by atoms with E-state index < -0.39 is 0 Å². The summed E-state index contributed by atoms with van der Waals surface area (Å²) in [5.74, 6) is 0.565. The standard InChI is InChI=1S/C19H16O2/c20-18-8-4-14(5-9-18)12-15-2-1-3-17(13-15)16-6-10-19(21)11-7-16/h1-11,13,20-21H,12H2. The molecular weight excluding hydrogens is 260 g/mol. The Kier molecular flexibility index (Phi) is 3.61. The van der Waals surface area contributed by atoms with Crippen LogP contribution in [0.4, 0.5) is 0 Å². The van der Waals surface area contributed by atoms with Gasteiger partial charge in [-0.15, -0.1) is 0 Å². The summed E-state index contributed by atoms with van der Waals surface area (Å²) >= 11 is 0. The first kappa shape index (κ1) is 13.3. The van der Waals surface area contributed by atoms with E-state index in [0.717, 1.165) is 23.1 Å². The van der Waals surface area contributed by atoms with Crippen molar-refractivity contribution in [2.45, 2.75) is 6.42 Å². The molecule has 21 heavy (non-hydrogen) atoms. The van der Waals surface area contributed by atoms with Crippen LogP contribution in [0, 0.1) is 0 Å². The molecule has 0 unspecified atom stereocenters. The Balaban J connectivity index is 1.86. The van der Waals surface area contributed by atoms with Crippen LogP contribution in [0.2, 0.25) is 0 Å². The van der Waals surface area contributed by atoms with Crippen LogP contribution in [0.1, 0.15) is 11.1 Å². The Morgan fingerprint density at radius 1 is 0.571 bits per heavy atom. The van der Waals surface area contributed by atoms with Gasteiger partial charge < -0.3 is 10.2 Å². The second kappa shape index (κ2) is 5.71. The Labute approximate surface area is 123 Å². The minimum atomic E-state index is 0.277. The lowest BCUT2D eigenvalue weighted by Gasteiger charge is -2.06. The van der Waals surface area contributed by atoms with Crippen molar-refractivity contribution in [2.75, 3.05) is 0 Å². The van der Waals surface area contributed by atoms with Crippen molar-refractivity contribution >= 4 is 0 Å². The Bertz CT molecular complexity index is 728. The van der Waals surface area contributed by atoms with Crippen molar-refractivity contribution in [1.29, 1.82) is 0 Å². The summed E-state index contributed by atoms with van der Waals surface area (Å²) in [6.07, 6.45) is 0.826. The number of phenolic OH excluding ortho intramolecular Hbond substituents is 2. The minimum absolute atomic E-state index is 0.277. The minimum Gasteiger partial charge on any atom is -0.508 e. The predicted octanol–water partition coefficient (Wildman–Crippen LogP) is 4.36. The highest BCUT2D eigenvalue weighted by molar-refractivity contribution is 5.65. The largest absolute Gasteiger partial charge is 0.508 e. The molecule has 0 aliphatic heterocycles. The molecule has 0 aliphatic rings. The van der Waals surface area contributed by atoms with E-state index in [4.69, 9.17) is 0 Å². The fourth-order valence-corrected chi connectivity index (χ4v) is 2.36. The van der Waals surface area contributed by atoms with Crippen LogP contribution in [-0.4, -0.2) is 10.2 Å². The maximum Gasteiger partial charge on any atom is 0.115 e. The van der Waals surface area contributed by atoms with E-state index in [1.54, 1.807) is 24.3 Å². The molecule has 3 aromatic carbocycles. The molecule has 3 rings (SSSR count). The highest BCUT2D eigenvalue weighted by atomic mass is 16.3. The zero-order chi connectivity index (χ0) is 14.7. The van der Waals surface area contributed by atoms with Crippen molar-refractivity contribution in [3.05, 3.63) is 83.9 Å². The second-order valence-electron chi connectivity index (χ2n) is 5.09. The maximum atomic E-state index is 9.35. The molecule has 2 nitrogen and oxygen atoms in total. The van der Waals surface area contributed by atoms with Gasteiger partial charge in [-0.2, -0.15) is 0 Å². The van der Waals surface area contributed by atoms with Crippen LogP contribution in [0.3, 0.4) is 0 Å². The molecule has 0 radical (unpaired) electrons. The van der Waals surface area contributed by atoms with Crippen LogP contribution in [0.25, 0.3) is 11.1 Å². The van der Waals surface area contributed by atoms with Gasteiger partial charge in [-0.1, -0.05) is 48.5 Å². The van der Waals surface area contributed by atoms with Crippen molar-refractivity contribution in [1.82, 2.24) is 0 Å². The number of aromatic hydroxyl groups is 2. The molecule has 0 spiro atoms. The quantitative estimate of drug-likeness (QED) is 0.746. The number of rotatable bonds is 3. The van der Waals surface area contributed by atoms with Crippen molar-refractivity contribution < 1.29 is 10.2 Å². The van der Waals surface area contributed by atoms with E-state index in [2.05, 4.69) is 18.2 Å². The lowest BCUT2D eigenvalue weighted by atomic mass is 9.99. The van der Waals surface area contributed by atoms with Crippen LogP contribution in [0.15, 0.2) is 72.8 Å². The van der Waals surface area contributed by atoms with Gasteiger partial charge in [0.15, 0.2) is 0 Å². The molecule has 0 saturated heterocycles. The molecule has 0 atom stereocenters. The summed E-state index contributed by atoms with van der Waals surface area (Å²) in [5.41, 5.74) is 4.59. The molecule has 2 N–H and O–H groups in total. The smallest absolute Gasteiger partial charge is 0.115 e. The number of hydrogen-bond donors (Lipinski definition) is 2. The first-order chi connectivity index (χ1) is 10.2. The molecule has 0 saturated carbocycles. The Morgan fingerprint density at radius 3 is 1.86 bits per heavy atom. The fourth-order valence-electron chi connectivity index (χ4n) is 2.36. The molecule has 3 aromatic rings. The van der Waals surface area contributed by atoms with Gasteiger partial charge in [-0.05, 0) is 52.9 Å². The van der Waals surface area contributed by atoms with Gasteiger partial charge in [0.05, 0.1) is 0 Å². The van der Waals surface area contributed by atoms with E-state index >= 15 is 0 Å². The van der Waals surface area contributed by atoms with Crippen LogP contribution < -0.4 is 0 Å². The summed E-state index contributed by atoms with van der Waals surface area (Å²) < 4.78 is 0. The molecular formula is C19H16O2. The molecule has 0 bridgehead atoms. The molecule has 0 aliphatic carbocycles. The van der Waals surface area contributed by atoms with Crippen molar-refractivity contribution in [3.63, 3.8) is 0 Å². The fraction of sp³-hybridized carbons (Fsp3) is 0.0526. The summed E-state index contributed by atoms with van der Waals surface area (Å²) in [6.45, 7) is 0. The van der Waals surface area contributed by atoms with Crippen LogP contribution in [-0.2, 0) is 6.42 Å². The van der Waals surface area contributed by atoms with E-state index in [-0.39, 0.29) is 11.5 Å². The highest BCUT2D eigenvalue weighted by Gasteiger charge is 2.01. The monoisotopic (exact) mass is 276 g/mol. The van der Waals surface area contributed by atoms with Gasteiger partial charge >= 0.3 is 0 Å². The van der Waals surface area contributed by atoms with Gasteiger partial charge in [-0.3, -0.25) is 0 Å². The third-order valence-electron chi connectivity index (χ3n) is 3.47. The molecule has 2 heteroatoms. The van der Waals surface area contributed by atoms with Gasteiger partial charge in [0, 0.05) is 0 Å². The van der Waals surface area contributed by atoms with E-state index in [1.807, 2.05) is 30.3 Å². The molecule has 104 valence electrons. The normalized spacial score (nSPS) is 10.5. The first-order valence-corrected chi connectivity index (χ1v) is 6.87. The Morgan fingerprint density at radius 2 is 1.19 bits per heavy atom. The van der Waals surface area contributed by atoms with Crippen molar-refractivity contribution in [2.24, 2.45) is 0 Å². The van der Waals surface area contributed by atoms with E-state index in [1.165, 1.54) is 5.56 Å². The van der Waals surface area contributed by atoms with E-state index in [9.17, 15) is 10.2 Å². The lowest BCUT2D eigenvalue weighted by molar-refractivity contribution is 0.474. The van der Waals surface area contributed by atoms with Gasteiger partial charge in [0.25, 0.3) is 0 Å². The molecule has 0 heterocycles. The third-order valence-corrected chi connectivity index (χ3v) is 3.47. The average Bonchev–Trinajstić information content (AvgIpc) is 2.51. The zero-order valence-corrected chi connectivity index (χ0v) is 11.5. The van der Waals surface area contributed by atoms with Gasteiger partial charge in [0.1, 0.15) is 11.5 Å². The third kappa shape index (κ3) is 3.23. The lowest BCUT2D eigenvalue weighted by Crippen LogP contribution is -1.88. The molecule has 0 fully saturated rings. The maximum absolute atomic E-state index is 9.35. The van der Waals surface area contributed by atoms with Gasteiger partial charge in [-0.25, -0.2) is 0 Å². The van der Waals surface area contributed by atoms with Crippen LogP contribution >= 0.6 is 0 Å². The topological polar surface area (TPSA) is 40.5 Å². The first-order valence-electron chi connectivity index (χ1n) is 6.87. The SMILES string of the molecule is Oc1ccc(Cc2cccc(-c3ccc(O)cc3)c2)cc1. The number of phenols is 2. The average molecular weight is 276 g/mol. The predicted molar refractivity (Wildman–Crippen MR) is 84.5 cm³/mol. The van der Waals surface area contributed by atoms with Gasteiger partial charge in [0.2, 0.25) is 0 Å². The summed E-state index contributed by atoms with van der Waals surface area (Å²) in [7, 11) is 0. The van der Waals surface area contributed by atoms with Crippen LogP contribution in [0.5, 0.6) is 11.5 Å². The number of hydrogen-bond acceptors (Lipinski definition) is 2. The summed E-state index contributed by atoms with van der Waals surface area (Å²) in [5, 5.41) is 18.7. The molecule has 0 aromatic heterocycles. The van der Waals surface area contributed by atoms with E-state index in [0.29, 0.717) is 0 Å². The summed E-state index contributed by atoms with van der Waals surface area (Å²) in [4.78, 5) is 0. The number of benzene rings is 3. The van der Waals surface area contributed by atoms with Crippen molar-refractivity contribution in [3.8, 4) is 22.6 Å². The zero-order valence-electron chi connectivity index (χ0n) is 11.5. The highest BCUT2D eigenvalue weighted by Crippen LogP contribution is 2.24. The second-order valence-corrected chi connectivity index (χ2v) is 5.09. The Hall–Kier alpha value is -2.74. The molecule has 0 amide bonds.